The Labute approximate surface area is 186 Å². The molecule has 30 heavy (non-hydrogen) atoms. The fourth-order valence-corrected chi connectivity index (χ4v) is 4.39. The summed E-state index contributed by atoms with van der Waals surface area (Å²) >= 11 is 7.10. The maximum absolute atomic E-state index is 12.9. The van der Waals surface area contributed by atoms with Crippen molar-refractivity contribution >= 4 is 52.0 Å². The Hall–Kier alpha value is -2.38. The Morgan fingerprint density at radius 1 is 1.17 bits per heavy atom. The van der Waals surface area contributed by atoms with E-state index in [1.165, 1.54) is 11.3 Å². The number of nitrogens with one attached hydrogen (secondary N) is 3. The van der Waals surface area contributed by atoms with Gasteiger partial charge in [0.2, 0.25) is 5.91 Å². The zero-order chi connectivity index (χ0) is 21.7. The summed E-state index contributed by atoms with van der Waals surface area (Å²) in [7, 11) is 0. The highest BCUT2D eigenvalue weighted by Gasteiger charge is 2.24. The summed E-state index contributed by atoms with van der Waals surface area (Å²) in [5.74, 6) is 0.316. The number of piperidine rings is 1. The van der Waals surface area contributed by atoms with Crippen molar-refractivity contribution in [3.05, 3.63) is 45.6 Å². The molecule has 0 bridgehead atoms. The number of carbonyl (C=O) groups excluding carboxylic acids is 2. The van der Waals surface area contributed by atoms with E-state index in [9.17, 15) is 9.59 Å². The van der Waals surface area contributed by atoms with E-state index < -0.39 is 6.04 Å². The quantitative estimate of drug-likeness (QED) is 0.549. The van der Waals surface area contributed by atoms with Crippen LogP contribution in [0.15, 0.2) is 36.4 Å². The number of hydrogen-bond donors (Lipinski definition) is 3. The van der Waals surface area contributed by atoms with Gasteiger partial charge in [0.05, 0.1) is 9.21 Å². The minimum Gasteiger partial charge on any atom is -0.340 e. The second-order valence-corrected chi connectivity index (χ2v) is 9.57. The van der Waals surface area contributed by atoms with Crippen LogP contribution in [0.1, 0.15) is 49.2 Å². The molecule has 0 unspecified atom stereocenters. The number of rotatable bonds is 7. The van der Waals surface area contributed by atoms with E-state index in [0.717, 1.165) is 31.5 Å². The zero-order valence-electron chi connectivity index (χ0n) is 17.2. The number of nitrogens with zero attached hydrogens (tertiary/aromatic N) is 1. The summed E-state index contributed by atoms with van der Waals surface area (Å²) in [4.78, 5) is 27.8. The Balaban J connectivity index is 1.65. The molecule has 2 aromatic rings. The van der Waals surface area contributed by atoms with Gasteiger partial charge in [0.25, 0.3) is 5.91 Å². The van der Waals surface area contributed by atoms with E-state index in [2.05, 4.69) is 10.6 Å². The molecule has 2 amide bonds. The van der Waals surface area contributed by atoms with Crippen LogP contribution in [0.5, 0.6) is 0 Å². The van der Waals surface area contributed by atoms with Crippen LogP contribution in [-0.4, -0.2) is 30.2 Å². The van der Waals surface area contributed by atoms with E-state index in [-0.39, 0.29) is 17.7 Å². The summed E-state index contributed by atoms with van der Waals surface area (Å²) in [5.41, 5.74) is 1.62. The first kappa shape index (κ1) is 22.3. The van der Waals surface area contributed by atoms with Gasteiger partial charge < -0.3 is 15.5 Å². The highest BCUT2D eigenvalue weighted by Crippen LogP contribution is 2.24. The number of anilines is 2. The molecule has 0 spiro atoms. The largest absolute Gasteiger partial charge is 0.340 e. The molecular weight excluding hydrogens is 420 g/mol. The van der Waals surface area contributed by atoms with Crippen LogP contribution >= 0.6 is 22.9 Å². The van der Waals surface area contributed by atoms with E-state index in [1.807, 2.05) is 43.0 Å². The smallest absolute Gasteiger partial charge is 0.262 e. The lowest BCUT2D eigenvalue weighted by Gasteiger charge is -2.29. The Morgan fingerprint density at radius 2 is 1.90 bits per heavy atom. The van der Waals surface area contributed by atoms with Crippen LogP contribution in [0.2, 0.25) is 4.34 Å². The highest BCUT2D eigenvalue weighted by atomic mass is 35.5. The molecule has 0 aliphatic carbocycles. The number of thiophene rings is 1. The second kappa shape index (κ2) is 10.1. The first-order chi connectivity index (χ1) is 14.3. The van der Waals surface area contributed by atoms with Gasteiger partial charge in [0.15, 0.2) is 0 Å². The molecule has 0 radical (unpaired) electrons. The van der Waals surface area contributed by atoms with Crippen molar-refractivity contribution < 1.29 is 9.59 Å². The van der Waals surface area contributed by atoms with E-state index in [4.69, 9.17) is 17.0 Å². The average molecular weight is 447 g/mol. The maximum atomic E-state index is 12.9. The molecule has 1 saturated heterocycles. The maximum Gasteiger partial charge on any atom is 0.262 e. The first-order valence-electron chi connectivity index (χ1n) is 10.2. The number of amidine groups is 1. The molecule has 1 aromatic heterocycles. The standard InChI is InChI=1S/C22H27ClN4O2S/c1-14(2)13-17(26-22(29)18-10-11-19(23)30-18)21(28)25-15-6-8-16(9-7-15)27-12-4-3-5-20(27)24/h6-11,14,17,24H,3-5,12-13H2,1-2H3,(H,25,28)(H,26,29)/t17-/m0/s1. The van der Waals surface area contributed by atoms with Crippen molar-refractivity contribution in [3.63, 3.8) is 0 Å². The number of carbonyl (C=O) groups is 2. The molecular formula is C22H27ClN4O2S. The summed E-state index contributed by atoms with van der Waals surface area (Å²) in [5, 5.41) is 13.9. The average Bonchev–Trinajstić information content (AvgIpc) is 3.15. The van der Waals surface area contributed by atoms with Gasteiger partial charge in [0, 0.05) is 24.3 Å². The topological polar surface area (TPSA) is 85.3 Å². The van der Waals surface area contributed by atoms with Crippen LogP contribution in [0.25, 0.3) is 0 Å². The molecule has 6 nitrogen and oxygen atoms in total. The van der Waals surface area contributed by atoms with Gasteiger partial charge in [-0.3, -0.25) is 15.0 Å². The van der Waals surface area contributed by atoms with Crippen LogP contribution in [-0.2, 0) is 4.79 Å². The summed E-state index contributed by atoms with van der Waals surface area (Å²) in [6.07, 6.45) is 3.46. The SMILES string of the molecule is CC(C)C[C@H](NC(=O)c1ccc(Cl)s1)C(=O)Nc1ccc(N2CCCCC2=N)cc1. The van der Waals surface area contributed by atoms with Crippen LogP contribution in [0, 0.1) is 11.3 Å². The lowest BCUT2D eigenvalue weighted by molar-refractivity contribution is -0.118. The monoisotopic (exact) mass is 446 g/mol. The van der Waals surface area contributed by atoms with E-state index >= 15 is 0 Å². The minimum atomic E-state index is -0.645. The van der Waals surface area contributed by atoms with Crippen molar-refractivity contribution in [1.82, 2.24) is 5.32 Å². The van der Waals surface area contributed by atoms with Gasteiger partial charge in [-0.2, -0.15) is 0 Å². The molecule has 160 valence electrons. The van der Waals surface area contributed by atoms with Crippen LogP contribution in [0.4, 0.5) is 11.4 Å². The fourth-order valence-electron chi connectivity index (χ4n) is 3.44. The third-order valence-corrected chi connectivity index (χ3v) is 6.17. The van der Waals surface area contributed by atoms with Gasteiger partial charge in [0.1, 0.15) is 11.9 Å². The molecule has 1 aliphatic heterocycles. The van der Waals surface area contributed by atoms with Crippen molar-refractivity contribution in [2.45, 2.75) is 45.6 Å². The van der Waals surface area contributed by atoms with Gasteiger partial charge in [-0.25, -0.2) is 0 Å². The van der Waals surface area contributed by atoms with Crippen molar-refractivity contribution in [2.24, 2.45) is 5.92 Å². The Morgan fingerprint density at radius 3 is 2.50 bits per heavy atom. The van der Waals surface area contributed by atoms with Gasteiger partial charge >= 0.3 is 0 Å². The molecule has 3 N–H and O–H groups in total. The van der Waals surface area contributed by atoms with Crippen LogP contribution in [0.3, 0.4) is 0 Å². The summed E-state index contributed by atoms with van der Waals surface area (Å²) in [6, 6.07) is 10.2. The zero-order valence-corrected chi connectivity index (χ0v) is 18.8. The summed E-state index contributed by atoms with van der Waals surface area (Å²) in [6.45, 7) is 4.87. The molecule has 0 saturated carbocycles. The third-order valence-electron chi connectivity index (χ3n) is 4.94. The number of hydrogen-bond acceptors (Lipinski definition) is 4. The number of amides is 2. The van der Waals surface area contributed by atoms with E-state index in [0.29, 0.717) is 27.2 Å². The van der Waals surface area contributed by atoms with E-state index in [1.54, 1.807) is 12.1 Å². The normalized spacial score (nSPS) is 15.2. The molecule has 8 heteroatoms. The van der Waals surface area contributed by atoms with Crippen molar-refractivity contribution in [3.8, 4) is 0 Å². The van der Waals surface area contributed by atoms with Gasteiger partial charge in [-0.1, -0.05) is 25.4 Å². The molecule has 3 rings (SSSR count). The summed E-state index contributed by atoms with van der Waals surface area (Å²) < 4.78 is 0.534. The number of benzene rings is 1. The number of halogens is 1. The van der Waals surface area contributed by atoms with Crippen molar-refractivity contribution in [2.75, 3.05) is 16.8 Å². The van der Waals surface area contributed by atoms with Gasteiger partial charge in [-0.15, -0.1) is 11.3 Å². The predicted octanol–water partition coefficient (Wildman–Crippen LogP) is 5.15. The Kier molecular flexibility index (Phi) is 7.50. The molecule has 1 aliphatic rings. The first-order valence-corrected chi connectivity index (χ1v) is 11.3. The molecule has 1 atom stereocenters. The van der Waals surface area contributed by atoms with Crippen LogP contribution < -0.4 is 15.5 Å². The lowest BCUT2D eigenvalue weighted by Crippen LogP contribution is -2.44. The molecule has 1 aromatic carbocycles. The Bertz CT molecular complexity index is 910. The molecule has 2 heterocycles. The lowest BCUT2D eigenvalue weighted by atomic mass is 10.0. The second-order valence-electron chi connectivity index (χ2n) is 7.85. The highest BCUT2D eigenvalue weighted by molar-refractivity contribution is 7.18. The van der Waals surface area contributed by atoms with Gasteiger partial charge in [-0.05, 0) is 61.6 Å². The molecule has 1 fully saturated rings. The van der Waals surface area contributed by atoms with Crippen molar-refractivity contribution in [1.29, 1.82) is 5.41 Å². The fraction of sp³-hybridized carbons (Fsp3) is 0.409. The third kappa shape index (κ3) is 5.83. The predicted molar refractivity (Wildman–Crippen MR) is 124 cm³/mol. The minimum absolute atomic E-state index is 0.237.